The van der Waals surface area contributed by atoms with E-state index in [-0.39, 0.29) is 0 Å². The van der Waals surface area contributed by atoms with Crippen LogP contribution in [0.1, 0.15) is 26.4 Å². The summed E-state index contributed by atoms with van der Waals surface area (Å²) in [5.41, 5.74) is 0.634. The molecule has 2 aromatic rings. The van der Waals surface area contributed by atoms with E-state index in [2.05, 4.69) is 10.3 Å². The topological polar surface area (TPSA) is 65.8 Å². The van der Waals surface area contributed by atoms with Gasteiger partial charge in [-0.1, -0.05) is 0 Å². The third-order valence-corrected chi connectivity index (χ3v) is 3.94. The molecule has 0 bridgehead atoms. The Morgan fingerprint density at radius 2 is 2.15 bits per heavy atom. The highest BCUT2D eigenvalue weighted by Crippen LogP contribution is 2.32. The number of nitrogens with zero attached hydrogens (tertiary/aromatic N) is 2. The van der Waals surface area contributed by atoms with Gasteiger partial charge in [0.25, 0.3) is 5.91 Å². The van der Waals surface area contributed by atoms with Gasteiger partial charge in [-0.3, -0.25) is 4.79 Å². The molecule has 7 heteroatoms. The number of hydrogen-bond acceptors (Lipinski definition) is 4. The molecule has 2 heterocycles. The minimum absolute atomic E-state index is 0.323. The second-order valence-corrected chi connectivity index (χ2v) is 5.24. The van der Waals surface area contributed by atoms with E-state index in [0.29, 0.717) is 10.6 Å². The summed E-state index contributed by atoms with van der Waals surface area (Å²) in [6.45, 7) is 3.57. The van der Waals surface area contributed by atoms with Gasteiger partial charge in [-0.05, 0) is 25.5 Å². The first-order valence-electron chi connectivity index (χ1n) is 5.57. The van der Waals surface area contributed by atoms with Crippen molar-refractivity contribution in [3.05, 3.63) is 45.6 Å². The molecule has 102 valence electrons. The van der Waals surface area contributed by atoms with Crippen molar-refractivity contribution in [3.8, 4) is 6.07 Å². The molecule has 0 saturated heterocycles. The Kier molecular flexibility index (Phi) is 3.77. The minimum atomic E-state index is -1.34. The molecule has 0 aromatic carbocycles. The molecule has 2 aromatic heterocycles. The molecule has 0 spiro atoms. The number of carbonyl (C=O) groups excluding carboxylic acids is 1. The van der Waals surface area contributed by atoms with Crippen LogP contribution in [-0.4, -0.2) is 10.9 Å². The molecule has 0 atom stereocenters. The Labute approximate surface area is 117 Å². The number of amides is 1. The van der Waals surface area contributed by atoms with Gasteiger partial charge in [0.15, 0.2) is 5.82 Å². The van der Waals surface area contributed by atoms with Crippen LogP contribution in [-0.2, 0) is 0 Å². The first kappa shape index (κ1) is 14.1. The molecule has 0 aliphatic carbocycles. The summed E-state index contributed by atoms with van der Waals surface area (Å²) >= 11 is 1.21. The summed E-state index contributed by atoms with van der Waals surface area (Å²) in [4.78, 5) is 15.9. The van der Waals surface area contributed by atoms with E-state index in [0.717, 1.165) is 22.7 Å². The van der Waals surface area contributed by atoms with Gasteiger partial charge in [0.1, 0.15) is 11.1 Å². The maximum absolute atomic E-state index is 13.5. The van der Waals surface area contributed by atoms with Gasteiger partial charge in [-0.15, -0.1) is 11.3 Å². The SMILES string of the molecule is Cc1sc(NC(=O)c2ccnc(F)c2F)c(C#N)c1C. The van der Waals surface area contributed by atoms with E-state index in [9.17, 15) is 13.6 Å². The third-order valence-electron chi connectivity index (χ3n) is 2.82. The number of pyridine rings is 1. The van der Waals surface area contributed by atoms with Crippen LogP contribution in [0.3, 0.4) is 0 Å². The normalized spacial score (nSPS) is 10.2. The summed E-state index contributed by atoms with van der Waals surface area (Å²) in [7, 11) is 0. The molecule has 2 rings (SSSR count). The second kappa shape index (κ2) is 5.35. The number of hydrogen-bond donors (Lipinski definition) is 1. The number of nitriles is 1. The van der Waals surface area contributed by atoms with Crippen molar-refractivity contribution in [1.82, 2.24) is 4.98 Å². The highest BCUT2D eigenvalue weighted by Gasteiger charge is 2.19. The number of anilines is 1. The van der Waals surface area contributed by atoms with Crippen molar-refractivity contribution in [3.63, 3.8) is 0 Å². The van der Waals surface area contributed by atoms with Crippen molar-refractivity contribution >= 4 is 22.2 Å². The van der Waals surface area contributed by atoms with Gasteiger partial charge in [-0.25, -0.2) is 9.37 Å². The Balaban J connectivity index is 2.36. The van der Waals surface area contributed by atoms with Gasteiger partial charge in [0, 0.05) is 11.1 Å². The Morgan fingerprint density at radius 3 is 2.80 bits per heavy atom. The van der Waals surface area contributed by atoms with Crippen LogP contribution in [0.4, 0.5) is 13.8 Å². The fraction of sp³-hybridized carbons (Fsp3) is 0.154. The van der Waals surface area contributed by atoms with Gasteiger partial charge < -0.3 is 5.32 Å². The van der Waals surface area contributed by atoms with Crippen molar-refractivity contribution in [2.24, 2.45) is 0 Å². The van der Waals surface area contributed by atoms with E-state index >= 15 is 0 Å². The third kappa shape index (κ3) is 2.38. The lowest BCUT2D eigenvalue weighted by Gasteiger charge is -2.04. The summed E-state index contributed by atoms with van der Waals surface area (Å²) < 4.78 is 26.4. The lowest BCUT2D eigenvalue weighted by Crippen LogP contribution is -2.15. The van der Waals surface area contributed by atoms with Crippen LogP contribution in [0, 0.1) is 36.9 Å². The number of carbonyl (C=O) groups is 1. The molecule has 1 amide bonds. The van der Waals surface area contributed by atoms with E-state index < -0.39 is 23.2 Å². The van der Waals surface area contributed by atoms with Gasteiger partial charge >= 0.3 is 0 Å². The number of thiophene rings is 1. The predicted molar refractivity (Wildman–Crippen MR) is 70.6 cm³/mol. The number of rotatable bonds is 2. The van der Waals surface area contributed by atoms with Crippen molar-refractivity contribution in [1.29, 1.82) is 5.26 Å². The average molecular weight is 293 g/mol. The maximum atomic E-state index is 13.5. The van der Waals surface area contributed by atoms with Gasteiger partial charge in [0.2, 0.25) is 5.95 Å². The lowest BCUT2D eigenvalue weighted by molar-refractivity contribution is 0.102. The van der Waals surface area contributed by atoms with E-state index in [1.807, 2.05) is 13.0 Å². The smallest absolute Gasteiger partial charge is 0.259 e. The first-order chi connectivity index (χ1) is 9.45. The average Bonchev–Trinajstić information content (AvgIpc) is 2.67. The Bertz CT molecular complexity index is 734. The molecule has 0 aliphatic heterocycles. The molecule has 0 unspecified atom stereocenters. The van der Waals surface area contributed by atoms with Crippen LogP contribution in [0.25, 0.3) is 0 Å². The highest BCUT2D eigenvalue weighted by atomic mass is 32.1. The number of nitrogens with one attached hydrogen (secondary N) is 1. The molecule has 1 N–H and O–H groups in total. The van der Waals surface area contributed by atoms with E-state index in [4.69, 9.17) is 5.26 Å². The summed E-state index contributed by atoms with van der Waals surface area (Å²) in [5, 5.41) is 11.8. The van der Waals surface area contributed by atoms with Crippen LogP contribution in [0.15, 0.2) is 12.3 Å². The Morgan fingerprint density at radius 1 is 1.45 bits per heavy atom. The molecular weight excluding hydrogens is 284 g/mol. The molecule has 0 saturated carbocycles. The number of halogens is 2. The predicted octanol–water partition coefficient (Wildman–Crippen LogP) is 3.16. The minimum Gasteiger partial charge on any atom is -0.312 e. The number of aryl methyl sites for hydroxylation is 1. The van der Waals surface area contributed by atoms with E-state index in [1.54, 1.807) is 6.92 Å². The van der Waals surface area contributed by atoms with Crippen LogP contribution in [0.2, 0.25) is 0 Å². The zero-order chi connectivity index (χ0) is 14.9. The highest BCUT2D eigenvalue weighted by molar-refractivity contribution is 7.16. The lowest BCUT2D eigenvalue weighted by atomic mass is 10.2. The quantitative estimate of drug-likeness (QED) is 0.865. The summed E-state index contributed by atoms with van der Waals surface area (Å²) in [6.07, 6.45) is 1.00. The zero-order valence-electron chi connectivity index (χ0n) is 10.6. The number of aromatic nitrogens is 1. The molecule has 0 aliphatic rings. The van der Waals surface area contributed by atoms with E-state index in [1.165, 1.54) is 11.3 Å². The monoisotopic (exact) mass is 293 g/mol. The fourth-order valence-corrected chi connectivity index (χ4v) is 2.62. The van der Waals surface area contributed by atoms with Crippen molar-refractivity contribution < 1.29 is 13.6 Å². The van der Waals surface area contributed by atoms with Crippen molar-refractivity contribution in [2.45, 2.75) is 13.8 Å². The second-order valence-electron chi connectivity index (χ2n) is 4.02. The Hall–Kier alpha value is -2.33. The van der Waals surface area contributed by atoms with Crippen LogP contribution < -0.4 is 5.32 Å². The fourth-order valence-electron chi connectivity index (χ4n) is 1.61. The molecule has 20 heavy (non-hydrogen) atoms. The van der Waals surface area contributed by atoms with Crippen LogP contribution >= 0.6 is 11.3 Å². The molecule has 0 radical (unpaired) electrons. The van der Waals surface area contributed by atoms with Gasteiger partial charge in [0.05, 0.1) is 11.1 Å². The first-order valence-corrected chi connectivity index (χ1v) is 6.38. The maximum Gasteiger partial charge on any atom is 0.259 e. The largest absolute Gasteiger partial charge is 0.312 e. The molecular formula is C13H9F2N3OS. The molecule has 4 nitrogen and oxygen atoms in total. The molecule has 0 fully saturated rings. The van der Waals surface area contributed by atoms with Gasteiger partial charge in [-0.2, -0.15) is 9.65 Å². The van der Waals surface area contributed by atoms with Crippen molar-refractivity contribution in [2.75, 3.05) is 5.32 Å². The summed E-state index contributed by atoms with van der Waals surface area (Å²) in [6, 6.07) is 3.06. The summed E-state index contributed by atoms with van der Waals surface area (Å²) in [5.74, 6) is -3.47. The zero-order valence-corrected chi connectivity index (χ0v) is 11.4. The standard InChI is InChI=1S/C13H9F2N3OS/c1-6-7(2)20-13(9(6)5-16)18-12(19)8-3-4-17-11(15)10(8)14/h3-4H,1-2H3,(H,18,19). The van der Waals surface area contributed by atoms with Crippen LogP contribution in [0.5, 0.6) is 0 Å².